The van der Waals surface area contributed by atoms with E-state index in [4.69, 9.17) is 4.98 Å². The number of halogens is 2. The van der Waals surface area contributed by atoms with E-state index in [0.717, 1.165) is 75.6 Å². The molecule has 7 heteroatoms. The zero-order valence-corrected chi connectivity index (χ0v) is 23.5. The molecule has 2 aromatic rings. The lowest BCUT2D eigenvalue weighted by atomic mass is 9.76. The fraction of sp³-hybridized carbons (Fsp3) is 0.536. The van der Waals surface area contributed by atoms with Gasteiger partial charge in [0.2, 0.25) is 12.3 Å². The number of hydrogen-bond donors (Lipinski definition) is 0. The highest BCUT2D eigenvalue weighted by atomic mass is 79.9. The summed E-state index contributed by atoms with van der Waals surface area (Å²) in [5, 5.41) is 0. The zero-order valence-electron chi connectivity index (χ0n) is 20.3. The van der Waals surface area contributed by atoms with Crippen LogP contribution in [0.5, 0.6) is 0 Å². The van der Waals surface area contributed by atoms with E-state index in [-0.39, 0.29) is 11.8 Å². The molecule has 2 fully saturated rings. The van der Waals surface area contributed by atoms with Crippen molar-refractivity contribution >= 4 is 44.2 Å². The second kappa shape index (κ2) is 10.7. The Morgan fingerprint density at radius 3 is 2.46 bits per heavy atom. The van der Waals surface area contributed by atoms with Gasteiger partial charge in [0, 0.05) is 53.7 Å². The van der Waals surface area contributed by atoms with Crippen LogP contribution in [0.4, 0.5) is 0 Å². The maximum absolute atomic E-state index is 13.1. The fourth-order valence-corrected chi connectivity index (χ4v) is 7.58. The molecule has 0 spiro atoms. The normalized spacial score (nSPS) is 21.3. The highest BCUT2D eigenvalue weighted by molar-refractivity contribution is 9.10. The van der Waals surface area contributed by atoms with Gasteiger partial charge in [-0.1, -0.05) is 22.0 Å². The molecule has 0 bridgehead atoms. The largest absolute Gasteiger partial charge is 0.345 e. The number of piperidine rings is 2. The molecule has 2 amide bonds. The number of carbonyl (C=O) groups is 2. The summed E-state index contributed by atoms with van der Waals surface area (Å²) in [6.45, 7) is 5.36. The van der Waals surface area contributed by atoms with Gasteiger partial charge >= 0.3 is 0 Å². The molecule has 1 aromatic carbocycles. The Bertz CT molecular complexity index is 1110. The fourth-order valence-electron chi connectivity index (χ4n) is 6.34. The van der Waals surface area contributed by atoms with Crippen molar-refractivity contribution in [1.82, 2.24) is 14.8 Å². The van der Waals surface area contributed by atoms with Crippen LogP contribution >= 0.6 is 31.9 Å². The Morgan fingerprint density at radius 2 is 1.74 bits per heavy atom. The standard InChI is InChI=1S/C28H33Br2N3O2/c1-18-12-21-2-3-22-15-23(29)16-31-28(22)27(26(21)24(30)13-18)20-6-10-33(11-7-20)25(35)14-19-4-8-32(17-34)9-5-19/h12-13,15-17,19-20,27H,2-11,14H2,1H3/t27-/m1/s1. The second-order valence-corrected chi connectivity index (χ2v) is 12.3. The first kappa shape index (κ1) is 24.9. The number of pyridine rings is 1. The Hall–Kier alpha value is -1.73. The molecule has 5 nitrogen and oxygen atoms in total. The average molecular weight is 603 g/mol. The van der Waals surface area contributed by atoms with Gasteiger partial charge in [-0.2, -0.15) is 0 Å². The Kier molecular flexibility index (Phi) is 7.63. The van der Waals surface area contributed by atoms with E-state index < -0.39 is 0 Å². The van der Waals surface area contributed by atoms with E-state index in [1.54, 1.807) is 0 Å². The maximum Gasteiger partial charge on any atom is 0.222 e. The molecule has 1 aromatic heterocycles. The van der Waals surface area contributed by atoms with E-state index in [1.165, 1.54) is 32.4 Å². The molecule has 1 atom stereocenters. The minimum atomic E-state index is 0.246. The first-order chi connectivity index (χ1) is 16.9. The number of carbonyl (C=O) groups excluding carboxylic acids is 2. The molecule has 0 unspecified atom stereocenters. The van der Waals surface area contributed by atoms with Gasteiger partial charge in [-0.05, 0) is 108 Å². The Labute approximate surface area is 224 Å². The van der Waals surface area contributed by atoms with E-state index in [9.17, 15) is 9.59 Å². The smallest absolute Gasteiger partial charge is 0.222 e. The van der Waals surface area contributed by atoms with Crippen molar-refractivity contribution in [2.45, 2.75) is 57.8 Å². The molecule has 0 N–H and O–H groups in total. The molecule has 2 saturated heterocycles. The van der Waals surface area contributed by atoms with E-state index in [1.807, 2.05) is 11.1 Å². The number of nitrogens with zero attached hydrogens (tertiary/aromatic N) is 3. The van der Waals surface area contributed by atoms with E-state index in [0.29, 0.717) is 18.3 Å². The van der Waals surface area contributed by atoms with Gasteiger partial charge in [-0.15, -0.1) is 0 Å². The van der Waals surface area contributed by atoms with Crippen LogP contribution in [0, 0.1) is 18.8 Å². The molecule has 3 heterocycles. The molecule has 186 valence electrons. The summed E-state index contributed by atoms with van der Waals surface area (Å²) >= 11 is 7.54. The molecule has 3 aliphatic rings. The monoisotopic (exact) mass is 601 g/mol. The number of rotatable bonds is 4. The molecule has 0 radical (unpaired) electrons. The summed E-state index contributed by atoms with van der Waals surface area (Å²) in [4.78, 5) is 32.9. The number of fused-ring (bicyclic) bond motifs is 2. The minimum Gasteiger partial charge on any atom is -0.345 e. The van der Waals surface area contributed by atoms with Crippen molar-refractivity contribution in [3.8, 4) is 0 Å². The quantitative estimate of drug-likeness (QED) is 0.426. The van der Waals surface area contributed by atoms with Crippen LogP contribution in [0.1, 0.15) is 66.0 Å². The minimum absolute atomic E-state index is 0.246. The average Bonchev–Trinajstić information content (AvgIpc) is 3.01. The van der Waals surface area contributed by atoms with Crippen LogP contribution in [0.15, 0.2) is 33.3 Å². The van der Waals surface area contributed by atoms with Gasteiger partial charge in [-0.3, -0.25) is 14.6 Å². The number of aromatic nitrogens is 1. The van der Waals surface area contributed by atoms with Crippen molar-refractivity contribution in [1.29, 1.82) is 0 Å². The number of aryl methyl sites for hydroxylation is 3. The summed E-state index contributed by atoms with van der Waals surface area (Å²) in [5.74, 6) is 1.39. The summed E-state index contributed by atoms with van der Waals surface area (Å²) < 4.78 is 2.23. The lowest BCUT2D eigenvalue weighted by Gasteiger charge is -2.38. The van der Waals surface area contributed by atoms with Gasteiger partial charge in [-0.25, -0.2) is 0 Å². The number of amides is 2. The third-order valence-electron chi connectivity index (χ3n) is 8.22. The van der Waals surface area contributed by atoms with Crippen LogP contribution in [0.3, 0.4) is 0 Å². The van der Waals surface area contributed by atoms with E-state index >= 15 is 0 Å². The summed E-state index contributed by atoms with van der Waals surface area (Å²) in [6.07, 6.45) is 9.38. The molecular formula is C28H33Br2N3O2. The number of likely N-dealkylation sites (tertiary alicyclic amines) is 2. The lowest BCUT2D eigenvalue weighted by Crippen LogP contribution is -2.42. The molecule has 5 rings (SSSR count). The van der Waals surface area contributed by atoms with Crippen molar-refractivity contribution in [3.63, 3.8) is 0 Å². The van der Waals surface area contributed by atoms with Crippen LogP contribution in [-0.2, 0) is 22.4 Å². The van der Waals surface area contributed by atoms with Crippen molar-refractivity contribution in [2.24, 2.45) is 11.8 Å². The van der Waals surface area contributed by atoms with Crippen molar-refractivity contribution < 1.29 is 9.59 Å². The number of benzene rings is 1. The highest BCUT2D eigenvalue weighted by Gasteiger charge is 2.36. The molecule has 1 aliphatic carbocycles. The molecule has 35 heavy (non-hydrogen) atoms. The summed E-state index contributed by atoms with van der Waals surface area (Å²) in [5.41, 5.74) is 6.66. The summed E-state index contributed by atoms with van der Waals surface area (Å²) in [7, 11) is 0. The number of hydrogen-bond acceptors (Lipinski definition) is 3. The third kappa shape index (κ3) is 5.36. The van der Waals surface area contributed by atoms with Crippen LogP contribution in [0.25, 0.3) is 0 Å². The zero-order chi connectivity index (χ0) is 24.5. The van der Waals surface area contributed by atoms with Gasteiger partial charge in [0.15, 0.2) is 0 Å². The highest BCUT2D eigenvalue weighted by Crippen LogP contribution is 2.45. The van der Waals surface area contributed by atoms with E-state index in [2.05, 4.69) is 61.9 Å². The first-order valence-electron chi connectivity index (χ1n) is 12.8. The van der Waals surface area contributed by atoms with Crippen LogP contribution in [-0.4, -0.2) is 53.3 Å². The topological polar surface area (TPSA) is 53.5 Å². The molecule has 2 aliphatic heterocycles. The predicted molar refractivity (Wildman–Crippen MR) is 144 cm³/mol. The van der Waals surface area contributed by atoms with Gasteiger partial charge in [0.1, 0.15) is 0 Å². The first-order valence-corrected chi connectivity index (χ1v) is 14.4. The summed E-state index contributed by atoms with van der Waals surface area (Å²) in [6, 6.07) is 6.84. The predicted octanol–water partition coefficient (Wildman–Crippen LogP) is 5.64. The Morgan fingerprint density at radius 1 is 1.03 bits per heavy atom. The van der Waals surface area contributed by atoms with Crippen LogP contribution in [0.2, 0.25) is 0 Å². The second-order valence-electron chi connectivity index (χ2n) is 10.5. The lowest BCUT2D eigenvalue weighted by molar-refractivity contribution is -0.134. The van der Waals surface area contributed by atoms with Gasteiger partial charge < -0.3 is 9.80 Å². The van der Waals surface area contributed by atoms with Crippen molar-refractivity contribution in [3.05, 3.63) is 61.3 Å². The Balaban J connectivity index is 1.33. The van der Waals surface area contributed by atoms with Gasteiger partial charge in [0.05, 0.1) is 5.69 Å². The molecular weight excluding hydrogens is 570 g/mol. The maximum atomic E-state index is 13.1. The molecule has 0 saturated carbocycles. The third-order valence-corrected chi connectivity index (χ3v) is 9.31. The van der Waals surface area contributed by atoms with Crippen molar-refractivity contribution in [2.75, 3.05) is 26.2 Å². The SMILES string of the molecule is Cc1cc(Br)c2c(c1)CCc1cc(Br)cnc1[C@@H]2C1CCN(C(=O)CC2CCN(C=O)CC2)CC1. The van der Waals surface area contributed by atoms with Gasteiger partial charge in [0.25, 0.3) is 0 Å². The van der Waals surface area contributed by atoms with Crippen LogP contribution < -0.4 is 0 Å².